The molecule has 3 nitrogen and oxygen atoms in total. The van der Waals surface area contributed by atoms with Crippen molar-refractivity contribution in [3.8, 4) is 0 Å². The summed E-state index contributed by atoms with van der Waals surface area (Å²) in [5, 5.41) is 0. The van der Waals surface area contributed by atoms with Gasteiger partial charge in [-0.25, -0.2) is 4.79 Å². The minimum Gasteiger partial charge on any atom is -0.465 e. The van der Waals surface area contributed by atoms with E-state index in [0.717, 1.165) is 18.4 Å². The van der Waals surface area contributed by atoms with Gasteiger partial charge in [0.15, 0.2) is 0 Å². The Hall–Kier alpha value is -1.61. The molecule has 0 radical (unpaired) electrons. The lowest BCUT2D eigenvalue weighted by Gasteiger charge is -2.14. The Kier molecular flexibility index (Phi) is 4.73. The van der Waals surface area contributed by atoms with Crippen LogP contribution >= 0.6 is 0 Å². The molecule has 0 saturated carbocycles. The van der Waals surface area contributed by atoms with Gasteiger partial charge in [-0.3, -0.25) is 0 Å². The van der Waals surface area contributed by atoms with Gasteiger partial charge in [-0.15, -0.1) is 6.58 Å². The highest BCUT2D eigenvalue weighted by atomic mass is 16.5. The SMILES string of the molecule is C=CCC[C@@H](N)c1ccccc1C(=O)OC. The van der Waals surface area contributed by atoms with Crippen LogP contribution in [0.15, 0.2) is 36.9 Å². The molecule has 1 aromatic carbocycles. The van der Waals surface area contributed by atoms with E-state index in [1.54, 1.807) is 12.1 Å². The zero-order valence-electron chi connectivity index (χ0n) is 9.48. The van der Waals surface area contributed by atoms with Crippen molar-refractivity contribution in [2.24, 2.45) is 5.73 Å². The Bertz CT molecular complexity index is 374. The Morgan fingerprint density at radius 3 is 2.88 bits per heavy atom. The van der Waals surface area contributed by atoms with Crippen molar-refractivity contribution < 1.29 is 9.53 Å². The van der Waals surface area contributed by atoms with E-state index in [9.17, 15) is 4.79 Å². The first-order valence-corrected chi connectivity index (χ1v) is 5.24. The van der Waals surface area contributed by atoms with Gasteiger partial charge in [-0.2, -0.15) is 0 Å². The summed E-state index contributed by atoms with van der Waals surface area (Å²) in [4.78, 5) is 11.5. The summed E-state index contributed by atoms with van der Waals surface area (Å²) < 4.78 is 4.72. The van der Waals surface area contributed by atoms with Crippen molar-refractivity contribution in [1.82, 2.24) is 0 Å². The standard InChI is InChI=1S/C13H17NO2/c1-3-4-9-12(14)10-7-5-6-8-11(10)13(15)16-2/h3,5-8,12H,1,4,9,14H2,2H3/t12-/m1/s1. The number of carbonyl (C=O) groups excluding carboxylic acids is 1. The van der Waals surface area contributed by atoms with E-state index >= 15 is 0 Å². The van der Waals surface area contributed by atoms with E-state index in [1.807, 2.05) is 18.2 Å². The molecular weight excluding hydrogens is 202 g/mol. The largest absolute Gasteiger partial charge is 0.465 e. The number of hydrogen-bond acceptors (Lipinski definition) is 3. The number of hydrogen-bond donors (Lipinski definition) is 1. The van der Waals surface area contributed by atoms with E-state index in [2.05, 4.69) is 6.58 Å². The fourth-order valence-electron chi connectivity index (χ4n) is 1.57. The highest BCUT2D eigenvalue weighted by molar-refractivity contribution is 5.91. The summed E-state index contributed by atoms with van der Waals surface area (Å²) in [5.74, 6) is -0.343. The molecular formula is C13H17NO2. The molecule has 2 N–H and O–H groups in total. The second-order valence-corrected chi connectivity index (χ2v) is 3.55. The summed E-state index contributed by atoms with van der Waals surface area (Å²) in [6, 6.07) is 7.11. The summed E-state index contributed by atoms with van der Waals surface area (Å²) in [6.45, 7) is 3.65. The van der Waals surface area contributed by atoms with Gasteiger partial charge in [0.2, 0.25) is 0 Å². The lowest BCUT2D eigenvalue weighted by molar-refractivity contribution is 0.0599. The number of benzene rings is 1. The van der Waals surface area contributed by atoms with Crippen molar-refractivity contribution in [1.29, 1.82) is 0 Å². The maximum Gasteiger partial charge on any atom is 0.338 e. The van der Waals surface area contributed by atoms with E-state index in [1.165, 1.54) is 7.11 Å². The summed E-state index contributed by atoms with van der Waals surface area (Å²) in [6.07, 6.45) is 3.43. The Labute approximate surface area is 95.9 Å². The highest BCUT2D eigenvalue weighted by Crippen LogP contribution is 2.20. The van der Waals surface area contributed by atoms with E-state index < -0.39 is 0 Å². The van der Waals surface area contributed by atoms with E-state index in [-0.39, 0.29) is 12.0 Å². The number of methoxy groups -OCH3 is 1. The first kappa shape index (κ1) is 12.5. The summed E-state index contributed by atoms with van der Waals surface area (Å²) in [7, 11) is 1.37. The van der Waals surface area contributed by atoms with Gasteiger partial charge < -0.3 is 10.5 Å². The van der Waals surface area contributed by atoms with Gasteiger partial charge in [-0.05, 0) is 24.5 Å². The number of rotatable bonds is 5. The molecule has 0 spiro atoms. The molecule has 0 aliphatic carbocycles. The molecule has 86 valence electrons. The molecule has 0 aromatic heterocycles. The van der Waals surface area contributed by atoms with E-state index in [4.69, 9.17) is 10.5 Å². The number of allylic oxidation sites excluding steroid dienone is 1. The zero-order chi connectivity index (χ0) is 12.0. The van der Waals surface area contributed by atoms with Crippen LogP contribution in [0.1, 0.15) is 34.8 Å². The van der Waals surface area contributed by atoms with Crippen LogP contribution in [0.4, 0.5) is 0 Å². The second-order valence-electron chi connectivity index (χ2n) is 3.55. The first-order chi connectivity index (χ1) is 7.70. The normalized spacial score (nSPS) is 11.9. The average Bonchev–Trinajstić information content (AvgIpc) is 2.35. The predicted molar refractivity (Wildman–Crippen MR) is 64.1 cm³/mol. The van der Waals surface area contributed by atoms with Crippen LogP contribution in [0.2, 0.25) is 0 Å². The average molecular weight is 219 g/mol. The smallest absolute Gasteiger partial charge is 0.338 e. The maximum absolute atomic E-state index is 11.5. The third-order valence-corrected chi connectivity index (χ3v) is 2.45. The highest BCUT2D eigenvalue weighted by Gasteiger charge is 2.15. The molecule has 0 amide bonds. The summed E-state index contributed by atoms with van der Waals surface area (Å²) in [5.41, 5.74) is 7.39. The van der Waals surface area contributed by atoms with Crippen molar-refractivity contribution in [3.63, 3.8) is 0 Å². The van der Waals surface area contributed by atoms with Crippen molar-refractivity contribution in [2.45, 2.75) is 18.9 Å². The van der Waals surface area contributed by atoms with Crippen LogP contribution in [-0.4, -0.2) is 13.1 Å². The van der Waals surface area contributed by atoms with Crippen molar-refractivity contribution >= 4 is 5.97 Å². The van der Waals surface area contributed by atoms with Gasteiger partial charge in [-0.1, -0.05) is 24.3 Å². The number of esters is 1. The third-order valence-electron chi connectivity index (χ3n) is 2.45. The maximum atomic E-state index is 11.5. The molecule has 0 aliphatic rings. The molecule has 0 heterocycles. The Morgan fingerprint density at radius 2 is 2.25 bits per heavy atom. The van der Waals surface area contributed by atoms with Gasteiger partial charge in [0.25, 0.3) is 0 Å². The number of ether oxygens (including phenoxy) is 1. The zero-order valence-corrected chi connectivity index (χ0v) is 9.48. The molecule has 1 rings (SSSR count). The van der Waals surface area contributed by atoms with E-state index in [0.29, 0.717) is 5.56 Å². The summed E-state index contributed by atoms with van der Waals surface area (Å²) >= 11 is 0. The molecule has 16 heavy (non-hydrogen) atoms. The quantitative estimate of drug-likeness (QED) is 0.611. The molecule has 0 aliphatic heterocycles. The van der Waals surface area contributed by atoms with Crippen LogP contribution in [0.3, 0.4) is 0 Å². The minimum absolute atomic E-state index is 0.159. The second kappa shape index (κ2) is 6.08. The molecule has 3 heteroatoms. The van der Waals surface area contributed by atoms with Crippen molar-refractivity contribution in [2.75, 3.05) is 7.11 Å². The first-order valence-electron chi connectivity index (χ1n) is 5.24. The van der Waals surface area contributed by atoms with Crippen LogP contribution in [0, 0.1) is 0 Å². The molecule has 0 unspecified atom stereocenters. The topological polar surface area (TPSA) is 52.3 Å². The minimum atomic E-state index is -0.343. The third kappa shape index (κ3) is 2.94. The monoisotopic (exact) mass is 219 g/mol. The van der Waals surface area contributed by atoms with Crippen LogP contribution < -0.4 is 5.73 Å². The van der Waals surface area contributed by atoms with Crippen LogP contribution in [0.5, 0.6) is 0 Å². The predicted octanol–water partition coefficient (Wildman–Crippen LogP) is 2.44. The Morgan fingerprint density at radius 1 is 1.56 bits per heavy atom. The number of nitrogens with two attached hydrogens (primary N) is 1. The fraction of sp³-hybridized carbons (Fsp3) is 0.308. The van der Waals surface area contributed by atoms with Crippen molar-refractivity contribution in [3.05, 3.63) is 48.0 Å². The van der Waals surface area contributed by atoms with Gasteiger partial charge in [0, 0.05) is 6.04 Å². The molecule has 0 fully saturated rings. The fourth-order valence-corrected chi connectivity index (χ4v) is 1.57. The molecule has 1 atom stereocenters. The molecule has 0 saturated heterocycles. The lowest BCUT2D eigenvalue weighted by Crippen LogP contribution is -2.15. The lowest BCUT2D eigenvalue weighted by atomic mass is 9.97. The van der Waals surface area contributed by atoms with Gasteiger partial charge in [0.1, 0.15) is 0 Å². The Balaban J connectivity index is 2.93. The van der Waals surface area contributed by atoms with Crippen LogP contribution in [0.25, 0.3) is 0 Å². The van der Waals surface area contributed by atoms with Gasteiger partial charge in [0.05, 0.1) is 12.7 Å². The van der Waals surface area contributed by atoms with Crippen LogP contribution in [-0.2, 0) is 4.74 Å². The van der Waals surface area contributed by atoms with Gasteiger partial charge >= 0.3 is 5.97 Å². The molecule has 1 aromatic rings. The molecule has 0 bridgehead atoms. The number of carbonyl (C=O) groups is 1.